The van der Waals surface area contributed by atoms with Crippen molar-refractivity contribution < 1.29 is 23.8 Å². The zero-order valence-corrected chi connectivity index (χ0v) is 19.2. The molecule has 2 aromatic rings. The molecule has 0 radical (unpaired) electrons. The van der Waals surface area contributed by atoms with Crippen molar-refractivity contribution in [3.8, 4) is 11.5 Å². The molecule has 1 atom stereocenters. The van der Waals surface area contributed by atoms with Gasteiger partial charge in [-0.2, -0.15) is 0 Å². The number of carbonyl (C=O) groups is 2. The van der Waals surface area contributed by atoms with Crippen LogP contribution in [0.4, 0.5) is 10.1 Å². The summed E-state index contributed by atoms with van der Waals surface area (Å²) in [6.45, 7) is 1.79. The average Bonchev–Trinajstić information content (AvgIpc) is 2.76. The highest BCUT2D eigenvalue weighted by molar-refractivity contribution is 9.10. The summed E-state index contributed by atoms with van der Waals surface area (Å²) in [5, 5.41) is 16.3. The highest BCUT2D eigenvalue weighted by Gasteiger charge is 2.39. The Morgan fingerprint density at radius 2 is 1.97 bits per heavy atom. The molecule has 0 bridgehead atoms. The van der Waals surface area contributed by atoms with Gasteiger partial charge in [-0.25, -0.2) is 4.39 Å². The summed E-state index contributed by atoms with van der Waals surface area (Å²) in [5.74, 6) is -1.31. The molecule has 1 aliphatic carbocycles. The number of aromatic hydroxyl groups is 1. The zero-order valence-electron chi connectivity index (χ0n) is 17.6. The van der Waals surface area contributed by atoms with Gasteiger partial charge in [0.1, 0.15) is 5.82 Å². The molecule has 3 N–H and O–H groups in total. The number of carbonyl (C=O) groups excluding carboxylic acids is 2. The van der Waals surface area contributed by atoms with E-state index < -0.39 is 17.6 Å². The number of allylic oxidation sites excluding steroid dienone is 3. The minimum atomic E-state index is -0.648. The van der Waals surface area contributed by atoms with E-state index in [1.54, 1.807) is 19.1 Å². The first-order chi connectivity index (χ1) is 15.3. The lowest BCUT2D eigenvalue weighted by Gasteiger charge is -2.34. The molecular weight excluding hydrogens is 479 g/mol. The number of rotatable bonds is 4. The molecule has 166 valence electrons. The summed E-state index contributed by atoms with van der Waals surface area (Å²) in [6.07, 6.45) is 1.85. The van der Waals surface area contributed by atoms with Gasteiger partial charge in [-0.1, -0.05) is 0 Å². The monoisotopic (exact) mass is 500 g/mol. The van der Waals surface area contributed by atoms with Crippen LogP contribution in [0.5, 0.6) is 11.5 Å². The summed E-state index contributed by atoms with van der Waals surface area (Å²) in [5.41, 5.74) is 3.44. The van der Waals surface area contributed by atoms with Crippen LogP contribution in [0, 0.1) is 5.82 Å². The lowest BCUT2D eigenvalue weighted by atomic mass is 9.75. The number of hydrogen-bond donors (Lipinski definition) is 3. The molecule has 2 aromatic carbocycles. The van der Waals surface area contributed by atoms with Crippen LogP contribution in [0.3, 0.4) is 0 Å². The largest absolute Gasteiger partial charge is 0.503 e. The number of ether oxygens (including phenoxy) is 1. The Labute approximate surface area is 193 Å². The highest BCUT2D eigenvalue weighted by Crippen LogP contribution is 2.46. The van der Waals surface area contributed by atoms with E-state index in [4.69, 9.17) is 4.74 Å². The molecule has 1 unspecified atom stereocenters. The van der Waals surface area contributed by atoms with Crippen LogP contribution < -0.4 is 15.4 Å². The summed E-state index contributed by atoms with van der Waals surface area (Å²) in [4.78, 5) is 26.4. The second-order valence-corrected chi connectivity index (χ2v) is 8.63. The van der Waals surface area contributed by atoms with Crippen LogP contribution in [-0.2, 0) is 9.59 Å². The summed E-state index contributed by atoms with van der Waals surface area (Å²) < 4.78 is 19.0. The SMILES string of the molecule is COc1cc(C2C(C(=O)Nc3ccc(F)cc3)=C(C)NC3=C2C(=O)CCC3)cc(Br)c1O. The van der Waals surface area contributed by atoms with Crippen molar-refractivity contribution in [3.05, 3.63) is 74.8 Å². The molecule has 0 saturated heterocycles. The van der Waals surface area contributed by atoms with Crippen molar-refractivity contribution in [2.45, 2.75) is 32.1 Å². The Kier molecular flexibility index (Phi) is 6.06. The Bertz CT molecular complexity index is 1170. The highest BCUT2D eigenvalue weighted by atomic mass is 79.9. The molecule has 8 heteroatoms. The number of benzene rings is 2. The topological polar surface area (TPSA) is 87.7 Å². The van der Waals surface area contributed by atoms with E-state index in [0.29, 0.717) is 45.4 Å². The number of ketones is 1. The number of dihydropyridines is 1. The van der Waals surface area contributed by atoms with Gasteiger partial charge in [0.25, 0.3) is 5.91 Å². The number of anilines is 1. The normalized spacial score (nSPS) is 18.2. The summed E-state index contributed by atoms with van der Waals surface area (Å²) in [7, 11) is 1.44. The molecular formula is C24H22BrFN2O4. The number of Topliss-reactive ketones (excluding diaryl/α,β-unsaturated/α-hetero) is 1. The van der Waals surface area contributed by atoms with E-state index in [1.807, 2.05) is 0 Å². The van der Waals surface area contributed by atoms with E-state index in [2.05, 4.69) is 26.6 Å². The van der Waals surface area contributed by atoms with Crippen LogP contribution in [0.1, 0.15) is 37.7 Å². The van der Waals surface area contributed by atoms with Crippen molar-refractivity contribution in [3.63, 3.8) is 0 Å². The molecule has 2 aliphatic rings. The van der Waals surface area contributed by atoms with Crippen molar-refractivity contribution in [2.75, 3.05) is 12.4 Å². The van der Waals surface area contributed by atoms with Crippen molar-refractivity contribution >= 4 is 33.3 Å². The third-order valence-corrected chi connectivity index (χ3v) is 6.33. The number of phenolic OH excluding ortho intramolecular Hbond substituents is 1. The molecule has 0 aromatic heterocycles. The van der Waals surface area contributed by atoms with Gasteiger partial charge in [0.2, 0.25) is 0 Å². The van der Waals surface area contributed by atoms with Gasteiger partial charge in [-0.15, -0.1) is 0 Å². The minimum absolute atomic E-state index is 0.0218. The van der Waals surface area contributed by atoms with Gasteiger partial charge in [0.15, 0.2) is 17.3 Å². The standard InChI is InChI=1S/C24H22BrFN2O4/c1-12-20(24(31)28-15-8-6-14(26)7-9-15)21(22-17(27-12)4-3-5-18(22)29)13-10-16(25)23(30)19(11-13)32-2/h6-11,21,27,30H,3-5H2,1-2H3,(H,28,31). The average molecular weight is 501 g/mol. The van der Waals surface area contributed by atoms with E-state index in [1.165, 1.54) is 31.4 Å². The smallest absolute Gasteiger partial charge is 0.254 e. The van der Waals surface area contributed by atoms with E-state index >= 15 is 0 Å². The van der Waals surface area contributed by atoms with Crippen LogP contribution in [0.15, 0.2) is 63.4 Å². The summed E-state index contributed by atoms with van der Waals surface area (Å²) in [6, 6.07) is 8.82. The third-order valence-electron chi connectivity index (χ3n) is 5.73. The van der Waals surface area contributed by atoms with Crippen molar-refractivity contribution in [2.24, 2.45) is 0 Å². The van der Waals surface area contributed by atoms with Gasteiger partial charge >= 0.3 is 0 Å². The van der Waals surface area contributed by atoms with Crippen molar-refractivity contribution in [1.82, 2.24) is 5.32 Å². The van der Waals surface area contributed by atoms with Gasteiger partial charge in [0, 0.05) is 40.6 Å². The maximum absolute atomic E-state index is 13.4. The second kappa shape index (κ2) is 8.78. The van der Waals surface area contributed by atoms with Crippen LogP contribution in [-0.4, -0.2) is 23.9 Å². The maximum Gasteiger partial charge on any atom is 0.254 e. The zero-order chi connectivity index (χ0) is 23.0. The fourth-order valence-electron chi connectivity index (χ4n) is 4.27. The molecule has 6 nitrogen and oxygen atoms in total. The van der Waals surface area contributed by atoms with E-state index in [-0.39, 0.29) is 17.3 Å². The lowest BCUT2D eigenvalue weighted by molar-refractivity contribution is -0.116. The fraction of sp³-hybridized carbons (Fsp3) is 0.250. The second-order valence-electron chi connectivity index (χ2n) is 7.78. The Morgan fingerprint density at radius 1 is 1.25 bits per heavy atom. The van der Waals surface area contributed by atoms with Crippen LogP contribution in [0.25, 0.3) is 0 Å². The fourth-order valence-corrected chi connectivity index (χ4v) is 4.73. The number of hydrogen-bond acceptors (Lipinski definition) is 5. The van der Waals surface area contributed by atoms with Crippen LogP contribution in [0.2, 0.25) is 0 Å². The number of halogens is 2. The predicted octanol–water partition coefficient (Wildman–Crippen LogP) is 4.91. The molecule has 1 heterocycles. The van der Waals surface area contributed by atoms with Crippen LogP contribution >= 0.6 is 15.9 Å². The molecule has 1 amide bonds. The van der Waals surface area contributed by atoms with Gasteiger partial charge < -0.3 is 20.5 Å². The molecule has 32 heavy (non-hydrogen) atoms. The van der Waals surface area contributed by atoms with E-state index in [9.17, 15) is 19.1 Å². The number of amides is 1. The Hall–Kier alpha value is -3.13. The van der Waals surface area contributed by atoms with Gasteiger partial charge in [-0.05, 0) is 77.7 Å². The molecule has 0 saturated carbocycles. The van der Waals surface area contributed by atoms with Gasteiger partial charge in [0.05, 0.1) is 11.6 Å². The minimum Gasteiger partial charge on any atom is -0.503 e. The summed E-state index contributed by atoms with van der Waals surface area (Å²) >= 11 is 3.34. The Balaban J connectivity index is 1.84. The maximum atomic E-state index is 13.4. The molecule has 1 aliphatic heterocycles. The number of nitrogens with one attached hydrogen (secondary N) is 2. The number of methoxy groups -OCH3 is 1. The predicted molar refractivity (Wildman–Crippen MR) is 122 cm³/mol. The third kappa shape index (κ3) is 4.02. The molecule has 0 spiro atoms. The Morgan fingerprint density at radius 3 is 2.66 bits per heavy atom. The van der Waals surface area contributed by atoms with Gasteiger partial charge in [-0.3, -0.25) is 9.59 Å². The van der Waals surface area contributed by atoms with E-state index in [0.717, 1.165) is 12.1 Å². The first-order valence-corrected chi connectivity index (χ1v) is 11.0. The number of phenols is 1. The lowest BCUT2D eigenvalue weighted by Crippen LogP contribution is -2.35. The first-order valence-electron chi connectivity index (χ1n) is 10.2. The molecule has 0 fully saturated rings. The van der Waals surface area contributed by atoms with Crippen molar-refractivity contribution in [1.29, 1.82) is 0 Å². The first kappa shape index (κ1) is 22.1. The molecule has 4 rings (SSSR count). The quantitative estimate of drug-likeness (QED) is 0.555.